The van der Waals surface area contributed by atoms with Gasteiger partial charge in [-0.05, 0) is 36.6 Å². The summed E-state index contributed by atoms with van der Waals surface area (Å²) in [6.07, 6.45) is 0.570. The molecule has 4 rings (SSSR count). The molecule has 2 aromatic carbocycles. The van der Waals surface area contributed by atoms with E-state index in [-0.39, 0.29) is 29.7 Å². The fraction of sp³-hybridized carbons (Fsp3) is 0.333. The number of nitrogens with one attached hydrogen (secondary N) is 2. The van der Waals surface area contributed by atoms with Crippen molar-refractivity contribution in [1.82, 2.24) is 25.3 Å². The number of ether oxygens (including phenoxy) is 2. The Bertz CT molecular complexity index is 1310. The van der Waals surface area contributed by atoms with Crippen molar-refractivity contribution >= 4 is 17.7 Å². The zero-order valence-corrected chi connectivity index (χ0v) is 21.4. The van der Waals surface area contributed by atoms with E-state index < -0.39 is 11.4 Å². The topological polar surface area (TPSA) is 115 Å². The lowest BCUT2D eigenvalue weighted by Gasteiger charge is -2.40. The van der Waals surface area contributed by atoms with Crippen LogP contribution in [0.2, 0.25) is 0 Å². The van der Waals surface area contributed by atoms with Crippen LogP contribution in [0.1, 0.15) is 39.0 Å². The lowest BCUT2D eigenvalue weighted by atomic mass is 9.96. The van der Waals surface area contributed by atoms with Gasteiger partial charge in [-0.25, -0.2) is 0 Å². The first-order chi connectivity index (χ1) is 17.8. The molecule has 0 saturated heterocycles. The van der Waals surface area contributed by atoms with E-state index in [1.54, 1.807) is 28.2 Å². The van der Waals surface area contributed by atoms with Crippen molar-refractivity contribution in [3.8, 4) is 11.5 Å². The van der Waals surface area contributed by atoms with Crippen LogP contribution in [0.25, 0.3) is 0 Å². The molecule has 0 fully saturated rings. The molecule has 0 saturated carbocycles. The minimum atomic E-state index is -1.16. The lowest BCUT2D eigenvalue weighted by molar-refractivity contribution is -0.132. The zero-order chi connectivity index (χ0) is 26.6. The minimum absolute atomic E-state index is 0.123. The van der Waals surface area contributed by atoms with Crippen LogP contribution in [-0.4, -0.2) is 65.8 Å². The molecule has 3 amide bonds. The van der Waals surface area contributed by atoms with Crippen LogP contribution in [0.3, 0.4) is 0 Å². The Labute approximate surface area is 215 Å². The molecule has 10 nitrogen and oxygen atoms in total. The molecule has 0 radical (unpaired) electrons. The van der Waals surface area contributed by atoms with Gasteiger partial charge in [-0.2, -0.15) is 5.10 Å². The third-order valence-electron chi connectivity index (χ3n) is 6.67. The maximum Gasteiger partial charge on any atom is 0.272 e. The first kappa shape index (κ1) is 25.7. The monoisotopic (exact) mass is 505 g/mol. The lowest BCUT2D eigenvalue weighted by Crippen LogP contribution is -2.62. The summed E-state index contributed by atoms with van der Waals surface area (Å²) in [5.74, 6) is 0.184. The molecule has 1 unspecified atom stereocenters. The van der Waals surface area contributed by atoms with Crippen molar-refractivity contribution in [2.75, 3.05) is 27.8 Å². The third-order valence-corrected chi connectivity index (χ3v) is 6.67. The largest absolute Gasteiger partial charge is 0.493 e. The molecule has 0 aliphatic carbocycles. The van der Waals surface area contributed by atoms with E-state index in [0.29, 0.717) is 31.0 Å². The first-order valence-corrected chi connectivity index (χ1v) is 11.9. The Hall–Kier alpha value is -4.34. The predicted molar refractivity (Wildman–Crippen MR) is 137 cm³/mol. The number of rotatable bonds is 9. The Morgan fingerprint density at radius 1 is 1.00 bits per heavy atom. The van der Waals surface area contributed by atoms with Gasteiger partial charge in [0, 0.05) is 26.2 Å². The van der Waals surface area contributed by atoms with E-state index in [0.717, 1.165) is 11.1 Å². The molecule has 0 bridgehead atoms. The third kappa shape index (κ3) is 5.28. The van der Waals surface area contributed by atoms with Gasteiger partial charge in [0.15, 0.2) is 17.2 Å². The summed E-state index contributed by atoms with van der Waals surface area (Å²) < 4.78 is 12.0. The van der Waals surface area contributed by atoms with Crippen LogP contribution >= 0.6 is 0 Å². The molecule has 1 atom stereocenters. The SMILES string of the molecule is COc1ccc(CCNC(=O)c2cc3n(n2)CC(C)(C(=O)NCc2ccccc2)N(C)C3=O)cc1OC. The van der Waals surface area contributed by atoms with Crippen molar-refractivity contribution in [3.05, 3.63) is 77.1 Å². The maximum atomic E-state index is 13.1. The number of fused-ring (bicyclic) bond motifs is 1. The van der Waals surface area contributed by atoms with E-state index in [1.807, 2.05) is 48.5 Å². The number of likely N-dealkylation sites (N-methyl/N-ethyl adjacent to an activating group) is 1. The predicted octanol–water partition coefficient (Wildman–Crippen LogP) is 2.03. The average Bonchev–Trinajstić information content (AvgIpc) is 3.34. The standard InChI is InChI=1S/C27H31N5O5/c1-27(26(35)29-16-19-8-6-5-7-9-19)17-32-21(25(34)31(27)2)15-20(30-32)24(33)28-13-12-18-10-11-22(36-3)23(14-18)37-4/h5-11,14-15H,12-13,16-17H2,1-4H3,(H,28,33)(H,29,35). The summed E-state index contributed by atoms with van der Waals surface area (Å²) in [6, 6.07) is 16.6. The van der Waals surface area contributed by atoms with Gasteiger partial charge in [-0.15, -0.1) is 0 Å². The fourth-order valence-corrected chi connectivity index (χ4v) is 4.25. The highest BCUT2D eigenvalue weighted by atomic mass is 16.5. The first-order valence-electron chi connectivity index (χ1n) is 11.9. The normalized spacial score (nSPS) is 16.6. The molecule has 2 N–H and O–H groups in total. The average molecular weight is 506 g/mol. The van der Waals surface area contributed by atoms with Crippen molar-refractivity contribution in [2.45, 2.75) is 32.0 Å². The van der Waals surface area contributed by atoms with Crippen LogP contribution in [0.15, 0.2) is 54.6 Å². The highest BCUT2D eigenvalue weighted by Gasteiger charge is 2.46. The molecule has 194 valence electrons. The molecular weight excluding hydrogens is 474 g/mol. The smallest absolute Gasteiger partial charge is 0.272 e. The molecular formula is C27H31N5O5. The fourth-order valence-electron chi connectivity index (χ4n) is 4.25. The quantitative estimate of drug-likeness (QED) is 0.460. The van der Waals surface area contributed by atoms with E-state index in [1.165, 1.54) is 15.6 Å². The summed E-state index contributed by atoms with van der Waals surface area (Å²) in [5.41, 5.74) is 1.15. The molecule has 3 aromatic rings. The molecule has 1 aliphatic heterocycles. The van der Waals surface area contributed by atoms with Gasteiger partial charge in [0.1, 0.15) is 11.2 Å². The van der Waals surface area contributed by atoms with Crippen LogP contribution in [0.4, 0.5) is 0 Å². The van der Waals surface area contributed by atoms with Crippen molar-refractivity contribution in [1.29, 1.82) is 0 Å². The Balaban J connectivity index is 1.40. The van der Waals surface area contributed by atoms with E-state index >= 15 is 0 Å². The Kier molecular flexibility index (Phi) is 7.47. The van der Waals surface area contributed by atoms with Crippen LogP contribution in [0.5, 0.6) is 11.5 Å². The molecule has 2 heterocycles. The molecule has 10 heteroatoms. The number of benzene rings is 2. The summed E-state index contributed by atoms with van der Waals surface area (Å²) >= 11 is 0. The van der Waals surface area contributed by atoms with Gasteiger partial charge in [0.2, 0.25) is 5.91 Å². The second kappa shape index (κ2) is 10.7. The molecule has 37 heavy (non-hydrogen) atoms. The van der Waals surface area contributed by atoms with E-state index in [9.17, 15) is 14.4 Å². The van der Waals surface area contributed by atoms with Gasteiger partial charge in [0.05, 0.1) is 20.8 Å². The van der Waals surface area contributed by atoms with Crippen LogP contribution < -0.4 is 20.1 Å². The highest BCUT2D eigenvalue weighted by Crippen LogP contribution is 2.28. The van der Waals surface area contributed by atoms with Gasteiger partial charge >= 0.3 is 0 Å². The zero-order valence-electron chi connectivity index (χ0n) is 21.4. The van der Waals surface area contributed by atoms with Crippen molar-refractivity contribution in [2.24, 2.45) is 0 Å². The number of methoxy groups -OCH3 is 2. The second-order valence-corrected chi connectivity index (χ2v) is 9.07. The van der Waals surface area contributed by atoms with E-state index in [4.69, 9.17) is 9.47 Å². The minimum Gasteiger partial charge on any atom is -0.493 e. The van der Waals surface area contributed by atoms with Gasteiger partial charge < -0.3 is 25.0 Å². The number of hydrogen-bond acceptors (Lipinski definition) is 6. The van der Waals surface area contributed by atoms with Crippen LogP contribution in [0, 0.1) is 0 Å². The molecule has 0 spiro atoms. The molecule has 1 aromatic heterocycles. The Morgan fingerprint density at radius 2 is 1.73 bits per heavy atom. The second-order valence-electron chi connectivity index (χ2n) is 9.07. The number of hydrogen-bond donors (Lipinski definition) is 2. The van der Waals surface area contributed by atoms with Crippen molar-refractivity contribution in [3.63, 3.8) is 0 Å². The highest BCUT2D eigenvalue weighted by molar-refractivity contribution is 6.01. The maximum absolute atomic E-state index is 13.1. The van der Waals surface area contributed by atoms with E-state index in [2.05, 4.69) is 15.7 Å². The Morgan fingerprint density at radius 3 is 2.43 bits per heavy atom. The summed E-state index contributed by atoms with van der Waals surface area (Å²) in [5, 5.41) is 10.1. The van der Waals surface area contributed by atoms with Gasteiger partial charge in [-0.1, -0.05) is 36.4 Å². The number of nitrogens with zero attached hydrogens (tertiary/aromatic N) is 3. The van der Waals surface area contributed by atoms with Crippen molar-refractivity contribution < 1.29 is 23.9 Å². The number of carbonyl (C=O) groups is 3. The van der Waals surface area contributed by atoms with Crippen LogP contribution in [-0.2, 0) is 24.3 Å². The van der Waals surface area contributed by atoms with Gasteiger partial charge in [-0.3, -0.25) is 19.1 Å². The number of carbonyl (C=O) groups excluding carboxylic acids is 3. The number of aromatic nitrogens is 2. The summed E-state index contributed by atoms with van der Waals surface area (Å²) in [6.45, 7) is 2.53. The van der Waals surface area contributed by atoms with Gasteiger partial charge in [0.25, 0.3) is 11.8 Å². The summed E-state index contributed by atoms with van der Waals surface area (Å²) in [7, 11) is 4.73. The number of amides is 3. The summed E-state index contributed by atoms with van der Waals surface area (Å²) in [4.78, 5) is 40.4. The molecule has 1 aliphatic rings.